The van der Waals surface area contributed by atoms with Crippen LogP contribution in [0.4, 0.5) is 0 Å². The molecule has 0 radical (unpaired) electrons. The lowest BCUT2D eigenvalue weighted by Crippen LogP contribution is -2.04. The largest absolute Gasteiger partial charge is 0.475 e. The van der Waals surface area contributed by atoms with E-state index in [1.165, 1.54) is 32.0 Å². The highest BCUT2D eigenvalue weighted by atomic mass is 33.1. The minimum absolute atomic E-state index is 0.115. The van der Waals surface area contributed by atoms with Gasteiger partial charge < -0.3 is 9.47 Å². The Kier molecular flexibility index (Phi) is 10.3. The molecule has 0 atom stereocenters. The van der Waals surface area contributed by atoms with Gasteiger partial charge in [0, 0.05) is 9.79 Å². The van der Waals surface area contributed by atoms with Crippen molar-refractivity contribution in [1.82, 2.24) is 0 Å². The zero-order valence-corrected chi connectivity index (χ0v) is 18.6. The van der Waals surface area contributed by atoms with E-state index in [1.54, 1.807) is 21.6 Å². The molecular formula is C15H20O2S6. The fraction of sp³-hybridized carbons (Fsp3) is 0.467. The fourth-order valence-corrected chi connectivity index (χ4v) is 5.87. The van der Waals surface area contributed by atoms with E-state index in [0.29, 0.717) is 8.77 Å². The fourth-order valence-electron chi connectivity index (χ4n) is 1.35. The second-order valence-corrected chi connectivity index (χ2v) is 10.7. The first-order valence-electron chi connectivity index (χ1n) is 6.99. The summed E-state index contributed by atoms with van der Waals surface area (Å²) in [6, 6.07) is 6.32. The number of rotatable bonds is 6. The predicted octanol–water partition coefficient (Wildman–Crippen LogP) is 6.90. The molecule has 2 nitrogen and oxygen atoms in total. The van der Waals surface area contributed by atoms with Crippen molar-refractivity contribution < 1.29 is 9.47 Å². The molecule has 1 rings (SSSR count). The van der Waals surface area contributed by atoms with Crippen LogP contribution in [0.15, 0.2) is 28.0 Å². The lowest BCUT2D eigenvalue weighted by molar-refractivity contribution is 0.243. The minimum atomic E-state index is 0.115. The van der Waals surface area contributed by atoms with Gasteiger partial charge in [-0.05, 0) is 126 Å². The van der Waals surface area contributed by atoms with Crippen LogP contribution < -0.4 is 0 Å². The molecule has 23 heavy (non-hydrogen) atoms. The Hall–Kier alpha value is 0.400. The lowest BCUT2D eigenvalue weighted by Gasteiger charge is -2.11. The average molecular weight is 425 g/mol. The van der Waals surface area contributed by atoms with Crippen LogP contribution in [-0.4, -0.2) is 21.0 Å². The summed E-state index contributed by atoms with van der Waals surface area (Å²) in [6.07, 6.45) is 0.231. The number of hydrogen-bond donors (Lipinski definition) is 0. The van der Waals surface area contributed by atoms with Gasteiger partial charge in [0.1, 0.15) is 0 Å². The molecule has 0 spiro atoms. The van der Waals surface area contributed by atoms with Crippen molar-refractivity contribution in [2.24, 2.45) is 0 Å². The van der Waals surface area contributed by atoms with Crippen LogP contribution in [0.25, 0.3) is 0 Å². The highest BCUT2D eigenvalue weighted by molar-refractivity contribution is 8.84. The van der Waals surface area contributed by atoms with Gasteiger partial charge in [-0.25, -0.2) is 0 Å². The molecule has 1 aromatic rings. The van der Waals surface area contributed by atoms with Crippen LogP contribution in [-0.2, 0) is 9.47 Å². The third-order valence-corrected chi connectivity index (χ3v) is 7.78. The number of thiocarbonyl (C=S) groups is 2. The van der Waals surface area contributed by atoms with Crippen molar-refractivity contribution in [1.29, 1.82) is 0 Å². The molecule has 0 aromatic heterocycles. The standard InChI is InChI=1S/C15H20O2S6/c1-9(2)16-14(18)22-20-12-6-7-13(11(5)8-12)21-23-15(19)17-10(3)4/h6-10H,1-5H3. The summed E-state index contributed by atoms with van der Waals surface area (Å²) in [5.74, 6) is 0. The molecular weight excluding hydrogens is 405 g/mol. The number of aryl methyl sites for hydroxylation is 1. The van der Waals surface area contributed by atoms with Gasteiger partial charge in [0.2, 0.25) is 8.77 Å². The van der Waals surface area contributed by atoms with E-state index >= 15 is 0 Å². The van der Waals surface area contributed by atoms with E-state index in [-0.39, 0.29) is 12.2 Å². The van der Waals surface area contributed by atoms with Crippen LogP contribution in [0.1, 0.15) is 33.3 Å². The Balaban J connectivity index is 2.51. The predicted molar refractivity (Wildman–Crippen MR) is 116 cm³/mol. The quantitative estimate of drug-likeness (QED) is 0.358. The van der Waals surface area contributed by atoms with E-state index in [1.807, 2.05) is 27.7 Å². The van der Waals surface area contributed by atoms with Gasteiger partial charge in [-0.3, -0.25) is 0 Å². The van der Waals surface area contributed by atoms with Crippen molar-refractivity contribution in [2.75, 3.05) is 0 Å². The summed E-state index contributed by atoms with van der Waals surface area (Å²) in [5.41, 5.74) is 1.20. The Bertz CT molecular complexity index is 545. The van der Waals surface area contributed by atoms with Crippen molar-refractivity contribution in [2.45, 2.75) is 56.6 Å². The van der Waals surface area contributed by atoms with Crippen molar-refractivity contribution >= 4 is 76.4 Å². The molecule has 0 unspecified atom stereocenters. The molecule has 0 fully saturated rings. The zero-order valence-electron chi connectivity index (χ0n) is 13.7. The summed E-state index contributed by atoms with van der Waals surface area (Å²) < 4.78 is 12.1. The molecule has 0 N–H and O–H groups in total. The topological polar surface area (TPSA) is 18.5 Å². The maximum atomic E-state index is 5.47. The Morgan fingerprint density at radius 1 is 0.913 bits per heavy atom. The smallest absolute Gasteiger partial charge is 0.231 e. The average Bonchev–Trinajstić information content (AvgIpc) is 2.42. The molecule has 0 saturated heterocycles. The van der Waals surface area contributed by atoms with E-state index in [0.717, 1.165) is 4.90 Å². The summed E-state index contributed by atoms with van der Waals surface area (Å²) >= 11 is 10.4. The SMILES string of the molecule is Cc1cc(SSC(=S)OC(C)C)ccc1SSC(=S)OC(C)C. The Labute approximate surface area is 165 Å². The monoisotopic (exact) mass is 424 g/mol. The van der Waals surface area contributed by atoms with Crippen LogP contribution in [0.2, 0.25) is 0 Å². The molecule has 0 aliphatic heterocycles. The normalized spacial score (nSPS) is 10.9. The first kappa shape index (κ1) is 21.4. The third kappa shape index (κ3) is 9.45. The number of benzene rings is 1. The first-order chi connectivity index (χ1) is 10.8. The van der Waals surface area contributed by atoms with Gasteiger partial charge in [-0.15, -0.1) is 0 Å². The molecule has 0 amide bonds. The van der Waals surface area contributed by atoms with Crippen LogP contribution >= 0.6 is 67.6 Å². The Morgan fingerprint density at radius 3 is 1.91 bits per heavy atom. The lowest BCUT2D eigenvalue weighted by atomic mass is 10.2. The molecule has 128 valence electrons. The second-order valence-electron chi connectivity index (χ2n) is 5.09. The van der Waals surface area contributed by atoms with Crippen LogP contribution in [0.5, 0.6) is 0 Å². The van der Waals surface area contributed by atoms with Gasteiger partial charge >= 0.3 is 0 Å². The number of ether oxygens (including phenoxy) is 2. The summed E-state index contributed by atoms with van der Waals surface area (Å²) in [5, 5.41) is 0. The van der Waals surface area contributed by atoms with E-state index < -0.39 is 0 Å². The van der Waals surface area contributed by atoms with Gasteiger partial charge in [-0.1, -0.05) is 0 Å². The first-order valence-corrected chi connectivity index (χ1v) is 12.1. The van der Waals surface area contributed by atoms with E-state index in [9.17, 15) is 0 Å². The Morgan fingerprint density at radius 2 is 1.43 bits per heavy atom. The maximum absolute atomic E-state index is 5.47. The van der Waals surface area contributed by atoms with Crippen molar-refractivity contribution in [3.8, 4) is 0 Å². The minimum Gasteiger partial charge on any atom is -0.475 e. The molecule has 0 aliphatic rings. The highest BCUT2D eigenvalue weighted by Gasteiger charge is 2.08. The molecule has 1 aromatic carbocycles. The van der Waals surface area contributed by atoms with Crippen molar-refractivity contribution in [3.05, 3.63) is 23.8 Å². The summed E-state index contributed by atoms with van der Waals surface area (Å²) in [7, 11) is 6.18. The zero-order chi connectivity index (χ0) is 17.4. The van der Waals surface area contributed by atoms with Gasteiger partial charge in [0.15, 0.2) is 0 Å². The molecule has 0 saturated carbocycles. The van der Waals surface area contributed by atoms with Gasteiger partial charge in [-0.2, -0.15) is 0 Å². The highest BCUT2D eigenvalue weighted by Crippen LogP contribution is 2.39. The van der Waals surface area contributed by atoms with E-state index in [4.69, 9.17) is 33.9 Å². The molecule has 8 heteroatoms. The van der Waals surface area contributed by atoms with Gasteiger partial charge in [0.25, 0.3) is 0 Å². The second kappa shape index (κ2) is 11.1. The van der Waals surface area contributed by atoms with Crippen LogP contribution in [0, 0.1) is 6.92 Å². The van der Waals surface area contributed by atoms with Crippen LogP contribution in [0.3, 0.4) is 0 Å². The van der Waals surface area contributed by atoms with Crippen molar-refractivity contribution in [3.63, 3.8) is 0 Å². The molecule has 0 bridgehead atoms. The maximum Gasteiger partial charge on any atom is 0.231 e. The summed E-state index contributed by atoms with van der Waals surface area (Å²) in [6.45, 7) is 9.98. The summed E-state index contributed by atoms with van der Waals surface area (Å²) in [4.78, 5) is 2.33. The number of hydrogen-bond acceptors (Lipinski definition) is 8. The molecule has 0 heterocycles. The molecule has 0 aliphatic carbocycles. The third-order valence-electron chi connectivity index (χ3n) is 2.22. The van der Waals surface area contributed by atoms with Gasteiger partial charge in [0.05, 0.1) is 12.2 Å². The van der Waals surface area contributed by atoms with E-state index in [2.05, 4.69) is 25.1 Å².